The van der Waals surface area contributed by atoms with Crippen molar-refractivity contribution in [3.8, 4) is 0 Å². The molecule has 0 amide bonds. The molecule has 1 aromatic rings. The van der Waals surface area contributed by atoms with Crippen molar-refractivity contribution in [2.45, 2.75) is 0 Å². The van der Waals surface area contributed by atoms with Crippen LogP contribution in [0.3, 0.4) is 0 Å². The summed E-state index contributed by atoms with van der Waals surface area (Å²) in [5, 5.41) is 0. The molecule has 0 bridgehead atoms. The Balaban J connectivity index is 2.94. The van der Waals surface area contributed by atoms with Crippen molar-refractivity contribution in [2.75, 3.05) is 0 Å². The summed E-state index contributed by atoms with van der Waals surface area (Å²) in [5.41, 5.74) is 0.590. The molecule has 1 aromatic carbocycles. The molecule has 1 heteroatoms. The third-order valence-electron chi connectivity index (χ3n) is 1.32. The molecule has 0 unspecified atom stereocenters. The zero-order chi connectivity index (χ0) is 8.10. The van der Waals surface area contributed by atoms with Gasteiger partial charge in [0.25, 0.3) is 0 Å². The van der Waals surface area contributed by atoms with E-state index < -0.39 is 0 Å². The molecule has 0 N–H and O–H groups in total. The molecule has 0 radical (unpaired) electrons. The highest BCUT2D eigenvalue weighted by Crippen LogP contribution is 2.07. The van der Waals surface area contributed by atoms with Crippen LogP contribution in [0.2, 0.25) is 0 Å². The largest absolute Gasteiger partial charge is 0.206 e. The molecular formula is C10H9F. The van der Waals surface area contributed by atoms with Gasteiger partial charge in [-0.25, -0.2) is 4.39 Å². The molecule has 56 valence electrons. The predicted molar refractivity (Wildman–Crippen MR) is 45.6 cm³/mol. The van der Waals surface area contributed by atoms with E-state index in [1.807, 2.05) is 0 Å². The van der Waals surface area contributed by atoms with Crippen molar-refractivity contribution in [1.82, 2.24) is 0 Å². The van der Waals surface area contributed by atoms with Crippen LogP contribution in [-0.4, -0.2) is 0 Å². The number of allylic oxidation sites excluding steroid dienone is 2. The Kier molecular flexibility index (Phi) is 2.61. The minimum Gasteiger partial charge on any atom is -0.206 e. The molecule has 0 saturated carbocycles. The van der Waals surface area contributed by atoms with E-state index in [4.69, 9.17) is 0 Å². The van der Waals surface area contributed by atoms with Crippen LogP contribution in [0.5, 0.6) is 0 Å². The van der Waals surface area contributed by atoms with Gasteiger partial charge in [-0.1, -0.05) is 43.0 Å². The molecule has 11 heavy (non-hydrogen) atoms. The van der Waals surface area contributed by atoms with Gasteiger partial charge in [-0.3, -0.25) is 0 Å². The molecule has 0 nitrogen and oxygen atoms in total. The summed E-state index contributed by atoms with van der Waals surface area (Å²) in [6.45, 7) is 3.50. The Morgan fingerprint density at radius 3 is 2.64 bits per heavy atom. The molecule has 0 atom stereocenters. The lowest BCUT2D eigenvalue weighted by molar-refractivity contribution is 0.625. The molecule has 0 aliphatic heterocycles. The van der Waals surface area contributed by atoms with E-state index in [9.17, 15) is 4.39 Å². The number of halogens is 1. The third-order valence-corrected chi connectivity index (χ3v) is 1.32. The van der Waals surface area contributed by atoms with Crippen molar-refractivity contribution in [2.24, 2.45) is 0 Å². The number of rotatable bonds is 2. The summed E-state index contributed by atoms with van der Waals surface area (Å²) in [5.74, 6) is -0.203. The molecular weight excluding hydrogens is 139 g/mol. The molecule has 0 fully saturated rings. The van der Waals surface area contributed by atoms with Crippen LogP contribution in [-0.2, 0) is 0 Å². The Labute approximate surface area is 65.7 Å². The van der Waals surface area contributed by atoms with E-state index >= 15 is 0 Å². The first-order chi connectivity index (χ1) is 5.34. The minimum absolute atomic E-state index is 0.203. The van der Waals surface area contributed by atoms with Gasteiger partial charge in [0.2, 0.25) is 0 Å². The lowest BCUT2D eigenvalue weighted by atomic mass is 10.2. The van der Waals surface area contributed by atoms with Gasteiger partial charge in [0.1, 0.15) is 5.82 Å². The molecule has 0 heterocycles. The Morgan fingerprint density at radius 2 is 2.00 bits per heavy atom. The van der Waals surface area contributed by atoms with Crippen LogP contribution >= 0.6 is 0 Å². The van der Waals surface area contributed by atoms with Crippen molar-refractivity contribution in [3.05, 3.63) is 54.4 Å². The maximum atomic E-state index is 12.8. The van der Waals surface area contributed by atoms with Crippen LogP contribution < -0.4 is 0 Å². The van der Waals surface area contributed by atoms with Gasteiger partial charge in [-0.05, 0) is 6.07 Å². The molecule has 0 saturated heterocycles. The van der Waals surface area contributed by atoms with E-state index in [1.54, 1.807) is 36.4 Å². The number of hydrogen-bond acceptors (Lipinski definition) is 0. The SMILES string of the molecule is C=CC=Cc1ccccc1F. The van der Waals surface area contributed by atoms with Gasteiger partial charge in [-0.2, -0.15) is 0 Å². The maximum absolute atomic E-state index is 12.8. The highest BCUT2D eigenvalue weighted by atomic mass is 19.1. The average Bonchev–Trinajstić information content (AvgIpc) is 2.03. The van der Waals surface area contributed by atoms with Gasteiger partial charge < -0.3 is 0 Å². The first-order valence-electron chi connectivity index (χ1n) is 3.38. The topological polar surface area (TPSA) is 0 Å². The highest BCUT2D eigenvalue weighted by molar-refractivity contribution is 5.51. The van der Waals surface area contributed by atoms with Crippen LogP contribution in [0.4, 0.5) is 4.39 Å². The lowest BCUT2D eigenvalue weighted by Crippen LogP contribution is -1.77. The van der Waals surface area contributed by atoms with Gasteiger partial charge in [0.15, 0.2) is 0 Å². The summed E-state index contributed by atoms with van der Waals surface area (Å²) in [6.07, 6.45) is 5.01. The molecule has 1 rings (SSSR count). The van der Waals surface area contributed by atoms with Crippen molar-refractivity contribution >= 4 is 6.08 Å². The Hall–Kier alpha value is -1.37. The summed E-state index contributed by atoms with van der Waals surface area (Å²) in [4.78, 5) is 0. The predicted octanol–water partition coefficient (Wildman–Crippen LogP) is 3.02. The smallest absolute Gasteiger partial charge is 0.130 e. The van der Waals surface area contributed by atoms with Crippen molar-refractivity contribution in [3.63, 3.8) is 0 Å². The Bertz CT molecular complexity index is 274. The second kappa shape index (κ2) is 3.71. The van der Waals surface area contributed by atoms with Gasteiger partial charge in [-0.15, -0.1) is 0 Å². The standard InChI is InChI=1S/C10H9F/c1-2-3-6-9-7-4-5-8-10(9)11/h2-8H,1H2. The molecule has 0 aliphatic rings. The Morgan fingerprint density at radius 1 is 1.27 bits per heavy atom. The van der Waals surface area contributed by atoms with E-state index in [-0.39, 0.29) is 5.82 Å². The number of benzene rings is 1. The fourth-order valence-corrected chi connectivity index (χ4v) is 0.782. The highest BCUT2D eigenvalue weighted by Gasteiger charge is 1.92. The van der Waals surface area contributed by atoms with Gasteiger partial charge >= 0.3 is 0 Å². The van der Waals surface area contributed by atoms with Gasteiger partial charge in [0.05, 0.1) is 0 Å². The van der Waals surface area contributed by atoms with Gasteiger partial charge in [0, 0.05) is 5.56 Å². The average molecular weight is 148 g/mol. The summed E-state index contributed by atoms with van der Waals surface area (Å²) < 4.78 is 12.8. The van der Waals surface area contributed by atoms with E-state index in [2.05, 4.69) is 6.58 Å². The quantitative estimate of drug-likeness (QED) is 0.565. The maximum Gasteiger partial charge on any atom is 0.130 e. The first-order valence-corrected chi connectivity index (χ1v) is 3.38. The first kappa shape index (κ1) is 7.73. The van der Waals surface area contributed by atoms with Crippen molar-refractivity contribution < 1.29 is 4.39 Å². The molecule has 0 spiro atoms. The summed E-state index contributed by atoms with van der Waals surface area (Å²) in [7, 11) is 0. The van der Waals surface area contributed by atoms with E-state index in [0.29, 0.717) is 5.56 Å². The minimum atomic E-state index is -0.203. The molecule has 0 aromatic heterocycles. The third kappa shape index (κ3) is 2.04. The number of hydrogen-bond donors (Lipinski definition) is 0. The normalized spacial score (nSPS) is 10.3. The fourth-order valence-electron chi connectivity index (χ4n) is 0.782. The zero-order valence-corrected chi connectivity index (χ0v) is 6.13. The van der Waals surface area contributed by atoms with E-state index in [1.165, 1.54) is 6.07 Å². The lowest BCUT2D eigenvalue weighted by Gasteiger charge is -1.92. The zero-order valence-electron chi connectivity index (χ0n) is 6.13. The van der Waals surface area contributed by atoms with Crippen LogP contribution in [0, 0.1) is 5.82 Å². The van der Waals surface area contributed by atoms with Crippen LogP contribution in [0.15, 0.2) is 43.0 Å². The fraction of sp³-hybridized carbons (Fsp3) is 0. The molecule has 0 aliphatic carbocycles. The van der Waals surface area contributed by atoms with Crippen LogP contribution in [0.1, 0.15) is 5.56 Å². The summed E-state index contributed by atoms with van der Waals surface area (Å²) in [6, 6.07) is 6.62. The van der Waals surface area contributed by atoms with Crippen molar-refractivity contribution in [1.29, 1.82) is 0 Å². The monoisotopic (exact) mass is 148 g/mol. The second-order valence-electron chi connectivity index (χ2n) is 2.12. The van der Waals surface area contributed by atoms with E-state index in [0.717, 1.165) is 0 Å². The second-order valence-corrected chi connectivity index (χ2v) is 2.12. The van der Waals surface area contributed by atoms with Crippen LogP contribution in [0.25, 0.3) is 6.08 Å². The summed E-state index contributed by atoms with van der Waals surface area (Å²) >= 11 is 0.